The van der Waals surface area contributed by atoms with Crippen molar-refractivity contribution < 1.29 is 24.5 Å². The first kappa shape index (κ1) is 56.6. The maximum atomic E-state index is 13.2. The Morgan fingerprint density at radius 2 is 0.915 bits per heavy atom. The van der Waals surface area contributed by atoms with Crippen LogP contribution in [0.4, 0.5) is 0 Å². The van der Waals surface area contributed by atoms with Gasteiger partial charge >= 0.3 is 5.97 Å². The number of esters is 1. The zero-order valence-corrected chi connectivity index (χ0v) is 38.9. The highest BCUT2D eigenvalue weighted by Crippen LogP contribution is 2.17. The molecular weight excluding hydrogens is 731 g/mol. The number of amides is 1. The normalized spacial score (nSPS) is 13.8. The van der Waals surface area contributed by atoms with Gasteiger partial charge in [0, 0.05) is 6.42 Å². The summed E-state index contributed by atoms with van der Waals surface area (Å²) in [5, 5.41) is 23.7. The molecule has 0 aliphatic rings. The van der Waals surface area contributed by atoms with Gasteiger partial charge in [-0.2, -0.15) is 0 Å². The van der Waals surface area contributed by atoms with Crippen molar-refractivity contribution in [2.45, 2.75) is 257 Å². The number of carbonyl (C=O) groups is 2. The van der Waals surface area contributed by atoms with Crippen molar-refractivity contribution in [2.24, 2.45) is 0 Å². The van der Waals surface area contributed by atoms with Crippen LogP contribution in [0.1, 0.15) is 239 Å². The molecule has 0 bridgehead atoms. The van der Waals surface area contributed by atoms with Gasteiger partial charge < -0.3 is 20.3 Å². The van der Waals surface area contributed by atoms with Gasteiger partial charge in [-0.3, -0.25) is 9.59 Å². The highest BCUT2D eigenvalue weighted by atomic mass is 16.5. The van der Waals surface area contributed by atoms with E-state index in [1.165, 1.54) is 109 Å². The van der Waals surface area contributed by atoms with E-state index in [-0.39, 0.29) is 24.9 Å². The maximum Gasteiger partial charge on any atom is 0.306 e. The molecule has 0 aromatic carbocycles. The number of rotatable bonds is 44. The standard InChI is InChI=1S/C53H95NO5/c1-4-7-10-13-16-19-22-24-25-26-27-29-30-32-35-38-41-44-49(59-53(58)46-43-40-37-34-21-18-15-12-9-6-3)47-52(57)54-50(48-55)51(56)45-42-39-36-33-31-28-23-20-17-14-11-8-5-2/h12,15-16,19,24-25,27,29,32,35,49-51,55-56H,4-11,13-14,17-18,20-23,26,28,30-31,33-34,36-48H2,1-3H3,(H,54,57)/b15-12-,19-16-,25-24-,29-27-,35-32-. The largest absolute Gasteiger partial charge is 0.462 e. The van der Waals surface area contributed by atoms with Crippen LogP contribution in [0.2, 0.25) is 0 Å². The average molecular weight is 826 g/mol. The van der Waals surface area contributed by atoms with E-state index < -0.39 is 18.2 Å². The lowest BCUT2D eigenvalue weighted by molar-refractivity contribution is -0.151. The molecule has 0 rings (SSSR count). The Labute approximate surface area is 365 Å². The first-order chi connectivity index (χ1) is 29.0. The number of hydrogen-bond donors (Lipinski definition) is 3. The van der Waals surface area contributed by atoms with Crippen LogP contribution in [0.25, 0.3) is 0 Å². The molecule has 0 aliphatic heterocycles. The summed E-state index contributed by atoms with van der Waals surface area (Å²) in [6, 6.07) is -0.720. The van der Waals surface area contributed by atoms with Gasteiger partial charge in [0.1, 0.15) is 6.10 Å². The van der Waals surface area contributed by atoms with Crippen molar-refractivity contribution in [2.75, 3.05) is 6.61 Å². The first-order valence-corrected chi connectivity index (χ1v) is 25.0. The van der Waals surface area contributed by atoms with Crippen LogP contribution < -0.4 is 5.32 Å². The van der Waals surface area contributed by atoms with Gasteiger partial charge in [0.05, 0.1) is 25.2 Å². The summed E-state index contributed by atoms with van der Waals surface area (Å²) < 4.78 is 5.88. The minimum atomic E-state index is -0.803. The van der Waals surface area contributed by atoms with Crippen LogP contribution in [-0.2, 0) is 14.3 Å². The summed E-state index contributed by atoms with van der Waals surface area (Å²) in [4.78, 5) is 26.0. The lowest BCUT2D eigenvalue weighted by Gasteiger charge is -2.24. The Kier molecular flexibility index (Phi) is 44.7. The van der Waals surface area contributed by atoms with Crippen LogP contribution in [0, 0.1) is 0 Å². The smallest absolute Gasteiger partial charge is 0.306 e. The quantitative estimate of drug-likeness (QED) is 0.0323. The van der Waals surface area contributed by atoms with E-state index in [0.717, 1.165) is 83.5 Å². The fourth-order valence-electron chi connectivity index (χ4n) is 7.24. The first-order valence-electron chi connectivity index (χ1n) is 25.0. The van der Waals surface area contributed by atoms with Crippen LogP contribution in [0.3, 0.4) is 0 Å². The van der Waals surface area contributed by atoms with Gasteiger partial charge in [0.15, 0.2) is 0 Å². The molecule has 0 saturated heterocycles. The van der Waals surface area contributed by atoms with Gasteiger partial charge in [-0.1, -0.05) is 204 Å². The highest BCUT2D eigenvalue weighted by Gasteiger charge is 2.24. The van der Waals surface area contributed by atoms with Gasteiger partial charge in [0.2, 0.25) is 5.91 Å². The monoisotopic (exact) mass is 826 g/mol. The SMILES string of the molecule is CCC/C=C\CCCCCCCC(=O)OC(CCC/C=C\C/C=C\C/C=C\C/C=C\CCCCC)CC(=O)NC(CO)C(O)CCCCCCCCCCCCCCC. The highest BCUT2D eigenvalue weighted by molar-refractivity contribution is 5.77. The van der Waals surface area contributed by atoms with E-state index in [0.29, 0.717) is 19.3 Å². The predicted octanol–water partition coefficient (Wildman–Crippen LogP) is 14.8. The lowest BCUT2D eigenvalue weighted by atomic mass is 10.0. The maximum absolute atomic E-state index is 13.2. The Morgan fingerprint density at radius 3 is 1.46 bits per heavy atom. The Bertz CT molecular complexity index is 1060. The van der Waals surface area contributed by atoms with E-state index in [4.69, 9.17) is 4.74 Å². The number of aliphatic hydroxyl groups is 2. The number of unbranched alkanes of at least 4 members (excludes halogenated alkanes) is 22. The fraction of sp³-hybridized carbons (Fsp3) is 0.774. The summed E-state index contributed by atoms with van der Waals surface area (Å²) in [7, 11) is 0. The lowest BCUT2D eigenvalue weighted by Crippen LogP contribution is -2.46. The zero-order chi connectivity index (χ0) is 43.1. The van der Waals surface area contributed by atoms with Gasteiger partial charge in [-0.05, 0) is 83.5 Å². The molecule has 3 N–H and O–H groups in total. The second-order valence-corrected chi connectivity index (χ2v) is 16.9. The van der Waals surface area contributed by atoms with E-state index in [9.17, 15) is 19.8 Å². The van der Waals surface area contributed by atoms with E-state index in [1.807, 2.05) is 0 Å². The fourth-order valence-corrected chi connectivity index (χ4v) is 7.24. The molecule has 0 saturated carbocycles. The molecule has 0 spiro atoms. The minimum Gasteiger partial charge on any atom is -0.462 e. The predicted molar refractivity (Wildman–Crippen MR) is 255 cm³/mol. The average Bonchev–Trinajstić information content (AvgIpc) is 3.23. The third-order valence-corrected chi connectivity index (χ3v) is 11.1. The van der Waals surface area contributed by atoms with E-state index in [2.05, 4.69) is 86.8 Å². The molecule has 342 valence electrons. The summed E-state index contributed by atoms with van der Waals surface area (Å²) in [6.07, 6.45) is 57.1. The second kappa shape index (κ2) is 46.6. The van der Waals surface area contributed by atoms with Crippen molar-refractivity contribution in [1.82, 2.24) is 5.32 Å². The van der Waals surface area contributed by atoms with Crippen molar-refractivity contribution in [3.8, 4) is 0 Å². The number of ether oxygens (including phenoxy) is 1. The van der Waals surface area contributed by atoms with Gasteiger partial charge in [-0.25, -0.2) is 0 Å². The molecule has 1 amide bonds. The van der Waals surface area contributed by atoms with E-state index >= 15 is 0 Å². The second-order valence-electron chi connectivity index (χ2n) is 16.9. The van der Waals surface area contributed by atoms with Crippen molar-refractivity contribution in [3.05, 3.63) is 60.8 Å². The van der Waals surface area contributed by atoms with Crippen LogP contribution in [0.5, 0.6) is 0 Å². The summed E-state index contributed by atoms with van der Waals surface area (Å²) in [5.41, 5.74) is 0. The molecule has 0 aliphatic carbocycles. The van der Waals surface area contributed by atoms with Crippen molar-refractivity contribution in [3.63, 3.8) is 0 Å². The molecule has 3 unspecified atom stereocenters. The molecule has 0 radical (unpaired) electrons. The summed E-state index contributed by atoms with van der Waals surface area (Å²) in [5.74, 6) is -0.541. The van der Waals surface area contributed by atoms with Crippen LogP contribution >= 0.6 is 0 Å². The third kappa shape index (κ3) is 42.1. The number of carbonyl (C=O) groups excluding carboxylic acids is 2. The molecule has 59 heavy (non-hydrogen) atoms. The van der Waals surface area contributed by atoms with Crippen molar-refractivity contribution >= 4 is 11.9 Å². The van der Waals surface area contributed by atoms with Crippen molar-refractivity contribution in [1.29, 1.82) is 0 Å². The Morgan fingerprint density at radius 1 is 0.492 bits per heavy atom. The zero-order valence-electron chi connectivity index (χ0n) is 38.9. The van der Waals surface area contributed by atoms with E-state index in [1.54, 1.807) is 0 Å². The Hall–Kier alpha value is -2.44. The molecule has 6 nitrogen and oxygen atoms in total. The topological polar surface area (TPSA) is 95.9 Å². The minimum absolute atomic E-state index is 0.0356. The third-order valence-electron chi connectivity index (χ3n) is 11.1. The number of aliphatic hydroxyl groups excluding tert-OH is 2. The molecule has 0 heterocycles. The summed E-state index contributed by atoms with van der Waals surface area (Å²) >= 11 is 0. The molecule has 0 aromatic heterocycles. The number of hydrogen-bond acceptors (Lipinski definition) is 5. The van der Waals surface area contributed by atoms with Crippen LogP contribution in [-0.4, -0.2) is 46.9 Å². The molecule has 0 fully saturated rings. The number of nitrogens with one attached hydrogen (secondary N) is 1. The number of allylic oxidation sites excluding steroid dienone is 10. The van der Waals surface area contributed by atoms with Crippen LogP contribution in [0.15, 0.2) is 60.8 Å². The Balaban J connectivity index is 4.68. The molecule has 6 heteroatoms. The summed E-state index contributed by atoms with van der Waals surface area (Å²) in [6.45, 7) is 6.37. The molecule has 0 aromatic rings. The van der Waals surface area contributed by atoms with Gasteiger partial charge in [0.25, 0.3) is 0 Å². The molecular formula is C53H95NO5. The molecule has 3 atom stereocenters. The van der Waals surface area contributed by atoms with Gasteiger partial charge in [-0.15, -0.1) is 0 Å².